The number of nitrogens with zero attached hydrogens (tertiary/aromatic N) is 3. The van der Waals surface area contributed by atoms with E-state index in [0.717, 1.165) is 11.3 Å². The van der Waals surface area contributed by atoms with Crippen molar-refractivity contribution in [1.82, 2.24) is 14.7 Å². The zero-order valence-electron chi connectivity index (χ0n) is 15.8. The van der Waals surface area contributed by atoms with Crippen LogP contribution >= 0.6 is 0 Å². The van der Waals surface area contributed by atoms with E-state index in [1.807, 2.05) is 36.5 Å². The van der Waals surface area contributed by atoms with Crippen LogP contribution in [0.3, 0.4) is 0 Å². The number of para-hydroxylation sites is 1. The third-order valence-corrected chi connectivity index (χ3v) is 4.50. The Hall–Kier alpha value is -3.48. The molecule has 1 aromatic heterocycles. The number of methoxy groups -OCH3 is 1. The van der Waals surface area contributed by atoms with Gasteiger partial charge in [-0.15, -0.1) is 0 Å². The number of rotatable bonds is 5. The van der Waals surface area contributed by atoms with Crippen molar-refractivity contribution in [3.8, 4) is 22.9 Å². The molecule has 0 radical (unpaired) electrons. The molecule has 1 aliphatic heterocycles. The van der Waals surface area contributed by atoms with Crippen LogP contribution in [0.2, 0.25) is 0 Å². The molecule has 0 saturated carbocycles. The molecule has 0 spiro atoms. The van der Waals surface area contributed by atoms with E-state index in [1.54, 1.807) is 42.1 Å². The molecule has 2 aromatic carbocycles. The molecular formula is C21H21N3O4. The summed E-state index contributed by atoms with van der Waals surface area (Å²) in [6.45, 7) is 1.34. The Balaban J connectivity index is 1.52. The van der Waals surface area contributed by atoms with Gasteiger partial charge in [0.2, 0.25) is 5.75 Å². The maximum atomic E-state index is 12.9. The van der Waals surface area contributed by atoms with E-state index in [-0.39, 0.29) is 5.91 Å². The van der Waals surface area contributed by atoms with Gasteiger partial charge in [0.05, 0.1) is 19.0 Å². The molecule has 0 aliphatic carbocycles. The summed E-state index contributed by atoms with van der Waals surface area (Å²) in [6, 6.07) is 13.2. The molecule has 4 rings (SSSR count). The Bertz CT molecular complexity index is 967. The van der Waals surface area contributed by atoms with Gasteiger partial charge >= 0.3 is 0 Å². The van der Waals surface area contributed by atoms with Gasteiger partial charge in [0.15, 0.2) is 11.5 Å². The smallest absolute Gasteiger partial charge is 0.254 e. The van der Waals surface area contributed by atoms with Crippen molar-refractivity contribution in [1.29, 1.82) is 0 Å². The van der Waals surface area contributed by atoms with Gasteiger partial charge in [-0.3, -0.25) is 4.79 Å². The first-order valence-electron chi connectivity index (χ1n) is 8.98. The zero-order valence-corrected chi connectivity index (χ0v) is 15.8. The number of hydrogen-bond acceptors (Lipinski definition) is 5. The summed E-state index contributed by atoms with van der Waals surface area (Å²) in [5.74, 6) is 1.42. The minimum absolute atomic E-state index is 0.136. The maximum absolute atomic E-state index is 12.9. The first-order chi connectivity index (χ1) is 13.7. The van der Waals surface area contributed by atoms with Crippen LogP contribution in [0.25, 0.3) is 5.69 Å². The standard InChI is InChI=1S/C21H21N3O4/c1-23(13-15-12-22-24(14-15)17-6-4-3-5-7-17)21(25)16-10-18(26-2)20-19(11-16)27-8-9-28-20/h3-7,10-12,14H,8-9,13H2,1-2H3. The highest BCUT2D eigenvalue weighted by Crippen LogP contribution is 2.40. The van der Waals surface area contributed by atoms with Crippen LogP contribution in [0.15, 0.2) is 54.9 Å². The molecule has 0 unspecified atom stereocenters. The lowest BCUT2D eigenvalue weighted by atomic mass is 10.1. The molecule has 28 heavy (non-hydrogen) atoms. The maximum Gasteiger partial charge on any atom is 0.254 e. The molecule has 2 heterocycles. The SMILES string of the molecule is COc1cc(C(=O)N(C)Cc2cnn(-c3ccccc3)c2)cc2c1OCCO2. The molecular weight excluding hydrogens is 358 g/mol. The van der Waals surface area contributed by atoms with E-state index in [1.165, 1.54) is 0 Å². The van der Waals surface area contributed by atoms with E-state index < -0.39 is 0 Å². The average molecular weight is 379 g/mol. The minimum Gasteiger partial charge on any atom is -0.493 e. The summed E-state index contributed by atoms with van der Waals surface area (Å²) in [6.07, 6.45) is 3.69. The fraction of sp³-hybridized carbons (Fsp3) is 0.238. The van der Waals surface area contributed by atoms with Gasteiger partial charge in [-0.05, 0) is 24.3 Å². The number of ether oxygens (including phenoxy) is 3. The quantitative estimate of drug-likeness (QED) is 0.682. The van der Waals surface area contributed by atoms with Gasteiger partial charge in [0.1, 0.15) is 13.2 Å². The summed E-state index contributed by atoms with van der Waals surface area (Å²) in [5, 5.41) is 4.38. The number of amides is 1. The Morgan fingerprint density at radius 3 is 2.79 bits per heavy atom. The number of aromatic nitrogens is 2. The highest BCUT2D eigenvalue weighted by Gasteiger charge is 2.22. The van der Waals surface area contributed by atoms with Gasteiger partial charge in [-0.2, -0.15) is 5.10 Å². The number of carbonyl (C=O) groups excluding carboxylic acids is 1. The molecule has 7 heteroatoms. The zero-order chi connectivity index (χ0) is 19.5. The van der Waals surface area contributed by atoms with Gasteiger partial charge in [-0.25, -0.2) is 4.68 Å². The fourth-order valence-electron chi connectivity index (χ4n) is 3.13. The van der Waals surface area contributed by atoms with Crippen molar-refractivity contribution in [2.45, 2.75) is 6.54 Å². The molecule has 0 fully saturated rings. The predicted octanol–water partition coefficient (Wildman–Crippen LogP) is 2.92. The summed E-state index contributed by atoms with van der Waals surface area (Å²) < 4.78 is 18.4. The minimum atomic E-state index is -0.136. The third kappa shape index (κ3) is 3.51. The summed E-state index contributed by atoms with van der Waals surface area (Å²) in [5.41, 5.74) is 2.39. The fourth-order valence-corrected chi connectivity index (χ4v) is 3.13. The highest BCUT2D eigenvalue weighted by molar-refractivity contribution is 5.95. The normalized spacial score (nSPS) is 12.5. The van der Waals surface area contributed by atoms with Crippen molar-refractivity contribution in [2.75, 3.05) is 27.4 Å². The van der Waals surface area contributed by atoms with Gasteiger partial charge < -0.3 is 19.1 Å². The van der Waals surface area contributed by atoms with Crippen molar-refractivity contribution in [3.63, 3.8) is 0 Å². The molecule has 7 nitrogen and oxygen atoms in total. The topological polar surface area (TPSA) is 65.8 Å². The molecule has 144 valence electrons. The largest absolute Gasteiger partial charge is 0.493 e. The van der Waals surface area contributed by atoms with Crippen LogP contribution in [0.5, 0.6) is 17.2 Å². The van der Waals surface area contributed by atoms with Gasteiger partial charge in [-0.1, -0.05) is 18.2 Å². The van der Waals surface area contributed by atoms with E-state index in [4.69, 9.17) is 14.2 Å². The highest BCUT2D eigenvalue weighted by atomic mass is 16.6. The summed E-state index contributed by atoms with van der Waals surface area (Å²) in [7, 11) is 3.30. The van der Waals surface area contributed by atoms with Crippen LogP contribution in [-0.4, -0.2) is 48.0 Å². The Morgan fingerprint density at radius 1 is 1.21 bits per heavy atom. The van der Waals surface area contributed by atoms with Crippen LogP contribution < -0.4 is 14.2 Å². The van der Waals surface area contributed by atoms with Gasteiger partial charge in [0, 0.05) is 30.9 Å². The van der Waals surface area contributed by atoms with Gasteiger partial charge in [0.25, 0.3) is 5.91 Å². The molecule has 0 bridgehead atoms. The Kier molecular flexibility index (Phi) is 4.89. The first-order valence-corrected chi connectivity index (χ1v) is 8.98. The van der Waals surface area contributed by atoms with Crippen molar-refractivity contribution < 1.29 is 19.0 Å². The molecule has 1 aliphatic rings. The molecule has 1 amide bonds. The number of fused-ring (bicyclic) bond motifs is 1. The predicted molar refractivity (Wildman–Crippen MR) is 103 cm³/mol. The Labute approximate surface area is 163 Å². The monoisotopic (exact) mass is 379 g/mol. The number of benzene rings is 2. The third-order valence-electron chi connectivity index (χ3n) is 4.50. The molecule has 0 saturated heterocycles. The lowest BCUT2D eigenvalue weighted by Crippen LogP contribution is -2.26. The lowest BCUT2D eigenvalue weighted by Gasteiger charge is -2.22. The molecule has 0 N–H and O–H groups in total. The van der Waals surface area contributed by atoms with E-state index in [0.29, 0.717) is 42.6 Å². The van der Waals surface area contributed by atoms with Crippen LogP contribution in [-0.2, 0) is 6.54 Å². The van der Waals surface area contributed by atoms with E-state index >= 15 is 0 Å². The second-order valence-corrected chi connectivity index (χ2v) is 6.49. The van der Waals surface area contributed by atoms with E-state index in [2.05, 4.69) is 5.10 Å². The van der Waals surface area contributed by atoms with Crippen LogP contribution in [0.4, 0.5) is 0 Å². The second kappa shape index (κ2) is 7.64. The Morgan fingerprint density at radius 2 is 2.00 bits per heavy atom. The van der Waals surface area contributed by atoms with Crippen LogP contribution in [0, 0.1) is 0 Å². The number of hydrogen-bond donors (Lipinski definition) is 0. The number of carbonyl (C=O) groups is 1. The van der Waals surface area contributed by atoms with Crippen molar-refractivity contribution in [3.05, 3.63) is 66.0 Å². The van der Waals surface area contributed by atoms with Crippen LogP contribution in [0.1, 0.15) is 15.9 Å². The first kappa shape index (κ1) is 17.9. The van der Waals surface area contributed by atoms with E-state index in [9.17, 15) is 4.79 Å². The lowest BCUT2D eigenvalue weighted by molar-refractivity contribution is 0.0783. The molecule has 3 aromatic rings. The summed E-state index contributed by atoms with van der Waals surface area (Å²) in [4.78, 5) is 14.6. The van der Waals surface area contributed by atoms with Crippen molar-refractivity contribution >= 4 is 5.91 Å². The second-order valence-electron chi connectivity index (χ2n) is 6.49. The van der Waals surface area contributed by atoms with Crippen molar-refractivity contribution in [2.24, 2.45) is 0 Å². The average Bonchev–Trinajstić information content (AvgIpc) is 3.21. The summed E-state index contributed by atoms with van der Waals surface area (Å²) >= 11 is 0. The molecule has 0 atom stereocenters.